The van der Waals surface area contributed by atoms with E-state index in [1.165, 1.54) is 11.8 Å². The fourth-order valence-corrected chi connectivity index (χ4v) is 3.85. The Hall–Kier alpha value is -2.41. The maximum absolute atomic E-state index is 13.3. The van der Waals surface area contributed by atoms with E-state index in [4.69, 9.17) is 9.47 Å². The molecule has 0 unspecified atom stereocenters. The van der Waals surface area contributed by atoms with Crippen molar-refractivity contribution in [2.45, 2.75) is 65.5 Å². The number of allylic oxidation sites excluding steroid dienone is 4. The highest BCUT2D eigenvalue weighted by atomic mass is 79.9. The zero-order chi connectivity index (χ0) is 23.7. The first-order valence-corrected chi connectivity index (χ1v) is 11.7. The second-order valence-corrected chi connectivity index (χ2v) is 9.43. The van der Waals surface area contributed by atoms with E-state index in [1.807, 2.05) is 44.2 Å². The number of ether oxygens (including phenoxy) is 2. The zero-order valence-electron chi connectivity index (χ0n) is 19.2. The largest absolute Gasteiger partial charge is 0.462 e. The van der Waals surface area contributed by atoms with Crippen molar-refractivity contribution in [3.63, 3.8) is 0 Å². The average molecular weight is 506 g/mol. The van der Waals surface area contributed by atoms with Gasteiger partial charge in [-0.25, -0.2) is 9.69 Å². The van der Waals surface area contributed by atoms with Gasteiger partial charge < -0.3 is 9.47 Å². The number of carbonyl (C=O) groups is 3. The molecule has 1 aromatic carbocycles. The SMILES string of the molecule is CC(=O)O[C@H](CC/C(C)=C/C/C=C(\C)Br)[C@H](C)C(=O)N1C(=O)OC[C@@H]1Cc1ccccc1. The summed E-state index contributed by atoms with van der Waals surface area (Å²) >= 11 is 3.41. The highest BCUT2D eigenvalue weighted by Crippen LogP contribution is 2.25. The minimum Gasteiger partial charge on any atom is -0.462 e. The Balaban J connectivity index is 2.08. The minimum absolute atomic E-state index is 0.159. The Kier molecular flexibility index (Phi) is 10.2. The maximum atomic E-state index is 13.3. The summed E-state index contributed by atoms with van der Waals surface area (Å²) in [4.78, 5) is 38.5. The Morgan fingerprint density at radius 1 is 1.22 bits per heavy atom. The molecule has 3 atom stereocenters. The van der Waals surface area contributed by atoms with Crippen LogP contribution in [0.5, 0.6) is 0 Å². The summed E-state index contributed by atoms with van der Waals surface area (Å²) in [7, 11) is 0. The molecule has 1 saturated heterocycles. The number of esters is 1. The standard InChI is InChI=1S/C25H32BrNO5/c1-17(9-8-10-18(2)26)13-14-23(32-20(4)28)19(3)24(29)27-22(16-31-25(27)30)15-21-11-6-5-7-12-21/h5-7,9-12,19,22-23H,8,13-16H2,1-4H3/b17-9+,18-10+/t19-,22-,23+/m0/s1. The summed E-state index contributed by atoms with van der Waals surface area (Å²) in [5.41, 5.74) is 2.17. The summed E-state index contributed by atoms with van der Waals surface area (Å²) in [5.74, 6) is -1.49. The molecule has 0 N–H and O–H groups in total. The second-order valence-electron chi connectivity index (χ2n) is 8.18. The molecule has 0 aliphatic carbocycles. The molecule has 2 rings (SSSR count). The van der Waals surface area contributed by atoms with Crippen LogP contribution < -0.4 is 0 Å². The highest BCUT2D eigenvalue weighted by Gasteiger charge is 2.42. The minimum atomic E-state index is -0.666. The van der Waals surface area contributed by atoms with Gasteiger partial charge in [0.15, 0.2) is 0 Å². The van der Waals surface area contributed by atoms with Crippen molar-refractivity contribution < 1.29 is 23.9 Å². The first-order chi connectivity index (χ1) is 15.2. The van der Waals surface area contributed by atoms with E-state index in [1.54, 1.807) is 6.92 Å². The fraction of sp³-hybridized carbons (Fsp3) is 0.480. The lowest BCUT2D eigenvalue weighted by Gasteiger charge is -2.28. The normalized spacial score (nSPS) is 18.8. The molecular weight excluding hydrogens is 474 g/mol. The molecule has 1 fully saturated rings. The van der Waals surface area contributed by atoms with E-state index < -0.39 is 24.1 Å². The van der Waals surface area contributed by atoms with E-state index in [2.05, 4.69) is 28.1 Å². The zero-order valence-corrected chi connectivity index (χ0v) is 20.8. The number of halogens is 1. The summed E-state index contributed by atoms with van der Waals surface area (Å²) in [5, 5.41) is 0. The van der Waals surface area contributed by atoms with Crippen molar-refractivity contribution in [2.24, 2.45) is 5.92 Å². The van der Waals surface area contributed by atoms with Gasteiger partial charge in [0.05, 0.1) is 12.0 Å². The van der Waals surface area contributed by atoms with Crippen molar-refractivity contribution in [3.05, 3.63) is 58.1 Å². The number of benzene rings is 1. The Morgan fingerprint density at radius 2 is 1.91 bits per heavy atom. The number of cyclic esters (lactones) is 1. The molecule has 1 aliphatic rings. The van der Waals surface area contributed by atoms with Gasteiger partial charge in [0, 0.05) is 6.92 Å². The van der Waals surface area contributed by atoms with Crippen molar-refractivity contribution in [1.29, 1.82) is 0 Å². The van der Waals surface area contributed by atoms with E-state index in [0.717, 1.165) is 22.0 Å². The smallest absolute Gasteiger partial charge is 0.416 e. The quantitative estimate of drug-likeness (QED) is 0.307. The lowest BCUT2D eigenvalue weighted by Crippen LogP contribution is -2.46. The molecule has 0 bridgehead atoms. The number of amides is 2. The van der Waals surface area contributed by atoms with Crippen LogP contribution in [-0.4, -0.2) is 41.6 Å². The molecule has 1 aliphatic heterocycles. The molecule has 1 heterocycles. The number of rotatable bonds is 10. The van der Waals surface area contributed by atoms with Gasteiger partial charge in [-0.05, 0) is 49.6 Å². The van der Waals surface area contributed by atoms with Crippen molar-refractivity contribution in [1.82, 2.24) is 4.90 Å². The molecule has 6 nitrogen and oxygen atoms in total. The van der Waals surface area contributed by atoms with Gasteiger partial charge in [-0.1, -0.05) is 70.9 Å². The number of imide groups is 1. The van der Waals surface area contributed by atoms with Gasteiger partial charge in [0.25, 0.3) is 0 Å². The molecule has 174 valence electrons. The highest BCUT2D eigenvalue weighted by molar-refractivity contribution is 9.11. The Labute approximate surface area is 198 Å². The molecular formula is C25H32BrNO5. The average Bonchev–Trinajstić information content (AvgIpc) is 3.10. The molecule has 2 amide bonds. The van der Waals surface area contributed by atoms with Gasteiger partial charge in [-0.3, -0.25) is 9.59 Å². The third-order valence-electron chi connectivity index (χ3n) is 5.47. The van der Waals surface area contributed by atoms with E-state index in [0.29, 0.717) is 19.3 Å². The maximum Gasteiger partial charge on any atom is 0.416 e. The van der Waals surface area contributed by atoms with Crippen LogP contribution in [0.1, 0.15) is 52.5 Å². The van der Waals surface area contributed by atoms with Crippen molar-refractivity contribution >= 4 is 33.9 Å². The predicted octanol–water partition coefficient (Wildman–Crippen LogP) is 5.56. The Bertz CT molecular complexity index is 860. The van der Waals surface area contributed by atoms with Crippen LogP contribution in [-0.2, 0) is 25.5 Å². The number of carbonyl (C=O) groups excluding carboxylic acids is 3. The first kappa shape index (κ1) is 25.8. The van der Waals surface area contributed by atoms with Crippen LogP contribution in [0.2, 0.25) is 0 Å². The van der Waals surface area contributed by atoms with Gasteiger partial charge in [0.1, 0.15) is 12.7 Å². The number of nitrogens with zero attached hydrogens (tertiary/aromatic N) is 1. The number of hydrogen-bond acceptors (Lipinski definition) is 5. The third-order valence-corrected chi connectivity index (χ3v) is 5.79. The van der Waals surface area contributed by atoms with Crippen LogP contribution in [0.3, 0.4) is 0 Å². The van der Waals surface area contributed by atoms with Crippen LogP contribution in [0.15, 0.2) is 52.5 Å². The van der Waals surface area contributed by atoms with Crippen molar-refractivity contribution in [2.75, 3.05) is 6.61 Å². The fourth-order valence-electron chi connectivity index (χ4n) is 3.66. The van der Waals surface area contributed by atoms with Crippen LogP contribution >= 0.6 is 15.9 Å². The second kappa shape index (κ2) is 12.6. The summed E-state index contributed by atoms with van der Waals surface area (Å²) in [6.45, 7) is 7.19. The van der Waals surface area contributed by atoms with Gasteiger partial charge in [-0.15, -0.1) is 0 Å². The van der Waals surface area contributed by atoms with Crippen molar-refractivity contribution in [3.8, 4) is 0 Å². The van der Waals surface area contributed by atoms with Crippen LogP contribution in [0.25, 0.3) is 0 Å². The predicted molar refractivity (Wildman–Crippen MR) is 127 cm³/mol. The first-order valence-electron chi connectivity index (χ1n) is 10.9. The lowest BCUT2D eigenvalue weighted by molar-refractivity contribution is -0.153. The molecule has 7 heteroatoms. The van der Waals surface area contributed by atoms with Crippen LogP contribution in [0, 0.1) is 5.92 Å². The third kappa shape index (κ3) is 7.93. The van der Waals surface area contributed by atoms with E-state index >= 15 is 0 Å². The van der Waals surface area contributed by atoms with E-state index in [9.17, 15) is 14.4 Å². The topological polar surface area (TPSA) is 72.9 Å². The van der Waals surface area contributed by atoms with Crippen LogP contribution in [0.4, 0.5) is 4.79 Å². The van der Waals surface area contributed by atoms with E-state index in [-0.39, 0.29) is 18.6 Å². The summed E-state index contributed by atoms with van der Waals surface area (Å²) in [6.07, 6.45) is 5.41. The van der Waals surface area contributed by atoms with Gasteiger partial charge in [-0.2, -0.15) is 0 Å². The van der Waals surface area contributed by atoms with Gasteiger partial charge in [0.2, 0.25) is 5.91 Å². The summed E-state index contributed by atoms with van der Waals surface area (Å²) in [6, 6.07) is 9.30. The molecule has 1 aromatic rings. The monoisotopic (exact) mass is 505 g/mol. The molecule has 32 heavy (non-hydrogen) atoms. The molecule has 0 saturated carbocycles. The molecule has 0 aromatic heterocycles. The lowest BCUT2D eigenvalue weighted by atomic mass is 9.95. The molecule has 0 spiro atoms. The summed E-state index contributed by atoms with van der Waals surface area (Å²) < 4.78 is 11.7. The number of hydrogen-bond donors (Lipinski definition) is 0. The Morgan fingerprint density at radius 3 is 2.53 bits per heavy atom. The van der Waals surface area contributed by atoms with Gasteiger partial charge >= 0.3 is 12.1 Å². The molecule has 0 radical (unpaired) electrons.